The highest BCUT2D eigenvalue weighted by molar-refractivity contribution is 9.10. The molecule has 2 unspecified atom stereocenters. The van der Waals surface area contributed by atoms with Crippen molar-refractivity contribution in [3.05, 3.63) is 34.3 Å². The van der Waals surface area contributed by atoms with E-state index in [9.17, 15) is 9.59 Å². The van der Waals surface area contributed by atoms with E-state index in [1.807, 2.05) is 17.0 Å². The van der Waals surface area contributed by atoms with E-state index < -0.39 is 0 Å². The van der Waals surface area contributed by atoms with Crippen LogP contribution < -0.4 is 5.73 Å². The summed E-state index contributed by atoms with van der Waals surface area (Å²) in [6.45, 7) is 2.00. The Kier molecular flexibility index (Phi) is 6.66. The molecule has 2 aliphatic heterocycles. The maximum absolute atomic E-state index is 12.8. The monoisotopic (exact) mass is 415 g/mol. The summed E-state index contributed by atoms with van der Waals surface area (Å²) in [4.78, 5) is 29.1. The Bertz CT molecular complexity index is 596. The van der Waals surface area contributed by atoms with Crippen molar-refractivity contribution < 1.29 is 9.59 Å². The molecule has 0 aliphatic carbocycles. The molecule has 7 heteroatoms. The molecule has 5 nitrogen and oxygen atoms in total. The van der Waals surface area contributed by atoms with E-state index in [-0.39, 0.29) is 36.3 Å². The molecule has 1 aromatic carbocycles. The number of nitrogens with two attached hydrogens (primary N) is 1. The molecular formula is C17H23BrClN3O2. The highest BCUT2D eigenvalue weighted by Gasteiger charge is 2.37. The molecule has 2 atom stereocenters. The molecule has 1 aromatic rings. The normalized spacial score (nSPS) is 23.8. The Morgan fingerprint density at radius 1 is 1.08 bits per heavy atom. The van der Waals surface area contributed by atoms with Crippen molar-refractivity contribution in [2.24, 2.45) is 5.73 Å². The summed E-state index contributed by atoms with van der Waals surface area (Å²) < 4.78 is 0.936. The van der Waals surface area contributed by atoms with Crippen LogP contribution in [0.15, 0.2) is 28.7 Å². The fraction of sp³-hybridized carbons (Fsp3) is 0.529. The van der Waals surface area contributed by atoms with Crippen molar-refractivity contribution in [2.75, 3.05) is 19.6 Å². The van der Waals surface area contributed by atoms with E-state index in [0.717, 1.165) is 36.7 Å². The zero-order chi connectivity index (χ0) is 16.4. The minimum atomic E-state index is -0.337. The predicted molar refractivity (Wildman–Crippen MR) is 99.2 cm³/mol. The lowest BCUT2D eigenvalue weighted by Crippen LogP contribution is -2.53. The van der Waals surface area contributed by atoms with E-state index >= 15 is 0 Å². The summed E-state index contributed by atoms with van der Waals surface area (Å²) in [6, 6.07) is 7.01. The second-order valence-electron chi connectivity index (χ2n) is 6.35. The van der Waals surface area contributed by atoms with Crippen molar-refractivity contribution >= 4 is 40.2 Å². The molecule has 0 bridgehead atoms. The highest BCUT2D eigenvalue weighted by Crippen LogP contribution is 2.24. The van der Waals surface area contributed by atoms with E-state index in [1.54, 1.807) is 17.0 Å². The average Bonchev–Trinajstić information content (AvgIpc) is 3.03. The van der Waals surface area contributed by atoms with E-state index in [0.29, 0.717) is 18.7 Å². The van der Waals surface area contributed by atoms with Crippen molar-refractivity contribution in [2.45, 2.75) is 37.8 Å². The molecule has 0 radical (unpaired) electrons. The highest BCUT2D eigenvalue weighted by atomic mass is 79.9. The van der Waals surface area contributed by atoms with E-state index in [1.165, 1.54) is 0 Å². The number of benzene rings is 1. The molecule has 0 spiro atoms. The number of piperidine rings is 1. The van der Waals surface area contributed by atoms with E-state index in [2.05, 4.69) is 15.9 Å². The van der Waals surface area contributed by atoms with Gasteiger partial charge in [0.05, 0.1) is 0 Å². The zero-order valence-electron chi connectivity index (χ0n) is 13.5. The number of hydrogen-bond acceptors (Lipinski definition) is 3. The van der Waals surface area contributed by atoms with Crippen LogP contribution in [-0.4, -0.2) is 53.3 Å². The molecule has 0 aromatic heterocycles. The molecular weight excluding hydrogens is 394 g/mol. The Hall–Kier alpha value is -1.11. The van der Waals surface area contributed by atoms with Gasteiger partial charge in [0.15, 0.2) is 0 Å². The smallest absolute Gasteiger partial charge is 0.254 e. The molecule has 2 N–H and O–H groups in total. The molecule has 24 heavy (non-hydrogen) atoms. The molecule has 2 saturated heterocycles. The van der Waals surface area contributed by atoms with Gasteiger partial charge >= 0.3 is 0 Å². The van der Waals surface area contributed by atoms with Crippen LogP contribution in [0.2, 0.25) is 0 Å². The topological polar surface area (TPSA) is 66.6 Å². The number of carbonyl (C=O) groups is 2. The quantitative estimate of drug-likeness (QED) is 0.805. The number of amides is 2. The van der Waals surface area contributed by atoms with Gasteiger partial charge in [0.1, 0.15) is 6.04 Å². The van der Waals surface area contributed by atoms with Crippen LogP contribution in [0.5, 0.6) is 0 Å². The second-order valence-corrected chi connectivity index (χ2v) is 7.27. The Morgan fingerprint density at radius 2 is 1.75 bits per heavy atom. The number of rotatable bonds is 2. The largest absolute Gasteiger partial charge is 0.339 e. The summed E-state index contributed by atoms with van der Waals surface area (Å²) >= 11 is 3.37. The lowest BCUT2D eigenvalue weighted by atomic mass is 10.0. The third kappa shape index (κ3) is 4.10. The van der Waals surface area contributed by atoms with Gasteiger partial charge in [0.2, 0.25) is 5.91 Å². The molecule has 132 valence electrons. The predicted octanol–water partition coefficient (Wildman–Crippen LogP) is 2.43. The number of halogens is 2. The van der Waals surface area contributed by atoms with Gasteiger partial charge in [-0.3, -0.25) is 9.59 Å². The van der Waals surface area contributed by atoms with Gasteiger partial charge in [-0.2, -0.15) is 0 Å². The van der Waals surface area contributed by atoms with Gasteiger partial charge < -0.3 is 15.5 Å². The second kappa shape index (κ2) is 8.32. The fourth-order valence-corrected chi connectivity index (χ4v) is 3.71. The summed E-state index contributed by atoms with van der Waals surface area (Å²) in [7, 11) is 0. The first-order valence-electron chi connectivity index (χ1n) is 8.17. The van der Waals surface area contributed by atoms with Crippen LogP contribution >= 0.6 is 28.3 Å². The average molecular weight is 417 g/mol. The first-order chi connectivity index (χ1) is 11.1. The van der Waals surface area contributed by atoms with Crippen LogP contribution in [0, 0.1) is 0 Å². The summed E-state index contributed by atoms with van der Waals surface area (Å²) in [5, 5.41) is 0. The molecule has 2 amide bonds. The van der Waals surface area contributed by atoms with Crippen LogP contribution in [0.25, 0.3) is 0 Å². The third-order valence-electron chi connectivity index (χ3n) is 4.66. The maximum atomic E-state index is 12.8. The lowest BCUT2D eigenvalue weighted by molar-refractivity contribution is -0.136. The van der Waals surface area contributed by atoms with Gasteiger partial charge in [0, 0.05) is 35.7 Å². The number of hydrogen-bond donors (Lipinski definition) is 1. The molecule has 0 saturated carbocycles. The van der Waals surface area contributed by atoms with Crippen LogP contribution in [0.4, 0.5) is 0 Å². The summed E-state index contributed by atoms with van der Waals surface area (Å²) in [5.74, 6) is -0.00207. The van der Waals surface area contributed by atoms with E-state index in [4.69, 9.17) is 5.73 Å². The molecule has 2 fully saturated rings. The summed E-state index contributed by atoms with van der Waals surface area (Å²) in [6.07, 6.45) is 3.53. The minimum absolute atomic E-state index is 0. The van der Waals surface area contributed by atoms with Crippen molar-refractivity contribution in [3.63, 3.8) is 0 Å². The molecule has 2 aliphatic rings. The van der Waals surface area contributed by atoms with Crippen molar-refractivity contribution in [3.8, 4) is 0 Å². The third-order valence-corrected chi connectivity index (χ3v) is 5.19. The molecule has 3 rings (SSSR count). The Labute approximate surface area is 157 Å². The van der Waals surface area contributed by atoms with Crippen molar-refractivity contribution in [1.82, 2.24) is 9.80 Å². The van der Waals surface area contributed by atoms with Gasteiger partial charge in [0.25, 0.3) is 5.91 Å². The standard InChI is InChI=1S/C17H22BrN3O2.ClH/c18-13-7-5-12(6-8-13)16(22)21-10-2-4-15(21)17(23)20-9-1-3-14(19)11-20;/h5-8,14-15H,1-4,9-11,19H2;1H. The van der Waals surface area contributed by atoms with Crippen LogP contribution in [0.3, 0.4) is 0 Å². The number of carbonyl (C=O) groups excluding carboxylic acids is 2. The first-order valence-corrected chi connectivity index (χ1v) is 8.96. The van der Waals surface area contributed by atoms with Gasteiger partial charge in [-0.05, 0) is 49.9 Å². The lowest BCUT2D eigenvalue weighted by Gasteiger charge is -2.35. The fourth-order valence-electron chi connectivity index (χ4n) is 3.45. The Morgan fingerprint density at radius 3 is 2.42 bits per heavy atom. The molecule has 2 heterocycles. The van der Waals surface area contributed by atoms with Gasteiger partial charge in [-0.1, -0.05) is 15.9 Å². The maximum Gasteiger partial charge on any atom is 0.254 e. The number of likely N-dealkylation sites (tertiary alicyclic amines) is 2. The Balaban J connectivity index is 0.00000208. The SMILES string of the molecule is Cl.NC1CCCN(C(=O)C2CCCN2C(=O)c2ccc(Br)cc2)C1. The number of nitrogens with zero attached hydrogens (tertiary/aromatic N) is 2. The van der Waals surface area contributed by atoms with Crippen LogP contribution in [-0.2, 0) is 4.79 Å². The van der Waals surface area contributed by atoms with Gasteiger partial charge in [-0.25, -0.2) is 0 Å². The first kappa shape index (κ1) is 19.2. The summed E-state index contributed by atoms with van der Waals surface area (Å²) in [5.41, 5.74) is 6.61. The van der Waals surface area contributed by atoms with Crippen molar-refractivity contribution in [1.29, 1.82) is 0 Å². The van der Waals surface area contributed by atoms with Crippen LogP contribution in [0.1, 0.15) is 36.0 Å². The van der Waals surface area contributed by atoms with Gasteiger partial charge in [-0.15, -0.1) is 12.4 Å². The minimum Gasteiger partial charge on any atom is -0.339 e. The zero-order valence-corrected chi connectivity index (χ0v) is 15.9.